The molecule has 1 aliphatic rings. The van der Waals surface area contributed by atoms with Crippen molar-refractivity contribution in [2.24, 2.45) is 5.73 Å². The molecule has 1 aliphatic heterocycles. The number of nitrogens with two attached hydrogens (primary N) is 1. The van der Waals surface area contributed by atoms with Crippen LogP contribution in [0.1, 0.15) is 39.1 Å². The highest BCUT2D eigenvalue weighted by atomic mass is 35.5. The Kier molecular flexibility index (Phi) is 9.46. The van der Waals surface area contributed by atoms with Crippen molar-refractivity contribution in [1.82, 2.24) is 9.80 Å². The zero-order valence-corrected chi connectivity index (χ0v) is 19.0. The molecule has 0 aromatic heterocycles. The van der Waals surface area contributed by atoms with E-state index >= 15 is 0 Å². The van der Waals surface area contributed by atoms with Gasteiger partial charge in [0.15, 0.2) is 11.6 Å². The number of amides is 2. The van der Waals surface area contributed by atoms with E-state index in [2.05, 4.69) is 0 Å². The molecule has 2 amide bonds. The van der Waals surface area contributed by atoms with Gasteiger partial charge in [-0.1, -0.05) is 6.07 Å². The lowest BCUT2D eigenvalue weighted by atomic mass is 10.0. The molecule has 1 fully saturated rings. The zero-order valence-electron chi connectivity index (χ0n) is 18.2. The monoisotopic (exact) mass is 499 g/mol. The van der Waals surface area contributed by atoms with Gasteiger partial charge in [-0.2, -0.15) is 0 Å². The Bertz CT molecular complexity index is 1070. The maximum Gasteiger partial charge on any atom is 0.335 e. The second-order valence-electron chi connectivity index (χ2n) is 7.94. The topological polar surface area (TPSA) is 104 Å². The lowest BCUT2D eigenvalue weighted by Gasteiger charge is -2.23. The van der Waals surface area contributed by atoms with Crippen molar-refractivity contribution in [3.05, 3.63) is 70.5 Å². The fourth-order valence-electron chi connectivity index (χ4n) is 3.77. The van der Waals surface area contributed by atoms with Crippen molar-refractivity contribution >= 4 is 30.2 Å². The summed E-state index contributed by atoms with van der Waals surface area (Å²) in [5.41, 5.74) is 6.12. The van der Waals surface area contributed by atoms with Gasteiger partial charge in [0.05, 0.1) is 5.56 Å². The summed E-state index contributed by atoms with van der Waals surface area (Å²) in [5, 5.41) is 9.11. The normalized spacial score (nSPS) is 14.7. The Balaban J connectivity index is 0.00000408. The number of hydrogen-bond donors (Lipinski definition) is 2. The fourth-order valence-corrected chi connectivity index (χ4v) is 3.77. The average molecular weight is 500 g/mol. The zero-order chi connectivity index (χ0) is 24.1. The van der Waals surface area contributed by atoms with E-state index in [-0.39, 0.29) is 66.8 Å². The summed E-state index contributed by atoms with van der Waals surface area (Å²) < 4.78 is 40.3. The van der Waals surface area contributed by atoms with E-state index in [1.165, 1.54) is 18.2 Å². The summed E-state index contributed by atoms with van der Waals surface area (Å²) >= 11 is 0. The third kappa shape index (κ3) is 6.71. The number of nitrogens with zero attached hydrogens (tertiary/aromatic N) is 2. The van der Waals surface area contributed by atoms with Gasteiger partial charge in [0.2, 0.25) is 5.91 Å². The van der Waals surface area contributed by atoms with Gasteiger partial charge < -0.3 is 20.6 Å². The van der Waals surface area contributed by atoms with E-state index < -0.39 is 29.5 Å². The second kappa shape index (κ2) is 11.8. The van der Waals surface area contributed by atoms with E-state index in [1.807, 2.05) is 0 Å². The molecule has 2 aromatic carbocycles. The van der Waals surface area contributed by atoms with Gasteiger partial charge in [-0.15, -0.1) is 12.4 Å². The Morgan fingerprint density at radius 3 is 2.24 bits per heavy atom. The molecular weight excluding hydrogens is 475 g/mol. The van der Waals surface area contributed by atoms with Crippen molar-refractivity contribution < 1.29 is 32.7 Å². The van der Waals surface area contributed by atoms with Gasteiger partial charge in [0.25, 0.3) is 5.91 Å². The van der Waals surface area contributed by atoms with Crippen LogP contribution in [0.3, 0.4) is 0 Å². The van der Waals surface area contributed by atoms with Gasteiger partial charge in [-0.05, 0) is 42.7 Å². The van der Waals surface area contributed by atoms with E-state index in [9.17, 15) is 27.6 Å². The molecule has 0 saturated carbocycles. The van der Waals surface area contributed by atoms with Crippen molar-refractivity contribution in [2.75, 3.05) is 26.2 Å². The lowest BCUT2D eigenvalue weighted by molar-refractivity contribution is -0.131. The molecule has 184 valence electrons. The minimum Gasteiger partial charge on any atom is -0.478 e. The number of hydrogen-bond acceptors (Lipinski definition) is 4. The van der Waals surface area contributed by atoms with Gasteiger partial charge >= 0.3 is 5.97 Å². The molecule has 11 heteroatoms. The van der Waals surface area contributed by atoms with Crippen LogP contribution in [0.5, 0.6) is 0 Å². The van der Waals surface area contributed by atoms with Crippen molar-refractivity contribution in [2.45, 2.75) is 25.3 Å². The molecule has 1 heterocycles. The van der Waals surface area contributed by atoms with Crippen molar-refractivity contribution in [3.63, 3.8) is 0 Å². The van der Waals surface area contributed by atoms with Crippen LogP contribution < -0.4 is 5.73 Å². The highest BCUT2D eigenvalue weighted by Crippen LogP contribution is 2.17. The summed E-state index contributed by atoms with van der Waals surface area (Å²) in [6.07, 6.45) is 0.267. The highest BCUT2D eigenvalue weighted by Gasteiger charge is 2.25. The first-order valence-electron chi connectivity index (χ1n) is 10.4. The quantitative estimate of drug-likeness (QED) is 0.595. The fraction of sp³-hybridized carbons (Fsp3) is 0.348. The smallest absolute Gasteiger partial charge is 0.335 e. The predicted octanol–water partition coefficient (Wildman–Crippen LogP) is 2.86. The highest BCUT2D eigenvalue weighted by molar-refractivity contribution is 5.97. The van der Waals surface area contributed by atoms with Crippen LogP contribution in [-0.2, 0) is 11.2 Å². The number of halogens is 4. The number of carbonyl (C=O) groups is 3. The molecule has 0 spiro atoms. The molecule has 0 aliphatic carbocycles. The SMILES string of the molecule is Cl.N[C@@H](CC(=O)N1CCCN(C(=O)c2cccc(C(=O)O)c2)CC1)Cc1cc(F)c(F)cc1F. The molecule has 0 radical (unpaired) electrons. The van der Waals surface area contributed by atoms with Crippen LogP contribution in [0.25, 0.3) is 0 Å². The number of benzene rings is 2. The Morgan fingerprint density at radius 2 is 1.53 bits per heavy atom. The summed E-state index contributed by atoms with van der Waals surface area (Å²) in [6.45, 7) is 1.31. The molecule has 3 rings (SSSR count). The number of carboxylic acids is 1. The molecule has 0 bridgehead atoms. The van der Waals surface area contributed by atoms with Crippen LogP contribution in [0.15, 0.2) is 36.4 Å². The summed E-state index contributed by atoms with van der Waals surface area (Å²) in [6, 6.07) is 6.15. The van der Waals surface area contributed by atoms with Crippen LogP contribution in [0, 0.1) is 17.5 Å². The van der Waals surface area contributed by atoms with Crippen molar-refractivity contribution in [3.8, 4) is 0 Å². The number of carboxylic acid groups (broad SMARTS) is 1. The molecule has 1 saturated heterocycles. The van der Waals surface area contributed by atoms with Crippen LogP contribution >= 0.6 is 12.4 Å². The second-order valence-corrected chi connectivity index (χ2v) is 7.94. The molecule has 1 atom stereocenters. The van der Waals surface area contributed by atoms with E-state index in [4.69, 9.17) is 10.8 Å². The minimum atomic E-state index is -1.29. The van der Waals surface area contributed by atoms with Gasteiger partial charge in [-0.25, -0.2) is 18.0 Å². The Morgan fingerprint density at radius 1 is 0.912 bits per heavy atom. The predicted molar refractivity (Wildman–Crippen MR) is 120 cm³/mol. The van der Waals surface area contributed by atoms with Gasteiger partial charge in [0.1, 0.15) is 5.82 Å². The van der Waals surface area contributed by atoms with Gasteiger partial charge in [-0.3, -0.25) is 9.59 Å². The Labute approximate surface area is 200 Å². The first-order valence-corrected chi connectivity index (χ1v) is 10.4. The molecule has 3 N–H and O–H groups in total. The third-order valence-electron chi connectivity index (χ3n) is 5.50. The number of aromatic carboxylic acids is 1. The van der Waals surface area contributed by atoms with Gasteiger partial charge in [0, 0.05) is 50.3 Å². The maximum atomic E-state index is 13.8. The van der Waals surface area contributed by atoms with E-state index in [1.54, 1.807) is 15.9 Å². The molecule has 7 nitrogen and oxygen atoms in total. The Hall–Kier alpha value is -3.11. The first-order chi connectivity index (χ1) is 15.7. The maximum absolute atomic E-state index is 13.8. The summed E-state index contributed by atoms with van der Waals surface area (Å²) in [4.78, 5) is 39.7. The van der Waals surface area contributed by atoms with Crippen LogP contribution in [0.4, 0.5) is 13.2 Å². The van der Waals surface area contributed by atoms with E-state index in [0.717, 1.165) is 6.07 Å². The molecule has 0 unspecified atom stereocenters. The molecule has 2 aromatic rings. The van der Waals surface area contributed by atoms with E-state index in [0.29, 0.717) is 25.6 Å². The third-order valence-corrected chi connectivity index (χ3v) is 5.50. The first kappa shape index (κ1) is 27.1. The number of rotatable bonds is 6. The van der Waals surface area contributed by atoms with Crippen LogP contribution in [-0.4, -0.2) is 64.9 Å². The minimum absolute atomic E-state index is 0. The largest absolute Gasteiger partial charge is 0.478 e. The van der Waals surface area contributed by atoms with Crippen LogP contribution in [0.2, 0.25) is 0 Å². The summed E-state index contributed by atoms with van der Waals surface area (Å²) in [7, 11) is 0. The molecular formula is C23H25ClF3N3O4. The summed E-state index contributed by atoms with van der Waals surface area (Å²) in [5.74, 6) is -5.13. The standard InChI is InChI=1S/C23H24F3N3O4.ClH/c24-18-13-20(26)19(25)11-16(18)10-17(27)12-21(30)28-5-2-6-29(8-7-28)22(31)14-3-1-4-15(9-14)23(32)33;/h1,3-4,9,11,13,17H,2,5-8,10,12,27H2,(H,32,33);1H/t17-;/m1./s1. The van der Waals surface area contributed by atoms with Crippen molar-refractivity contribution in [1.29, 1.82) is 0 Å². The molecule has 34 heavy (non-hydrogen) atoms. The number of carbonyl (C=O) groups excluding carboxylic acids is 2. The average Bonchev–Trinajstić information content (AvgIpc) is 3.03. The lowest BCUT2D eigenvalue weighted by Crippen LogP contribution is -2.40.